The first-order valence-electron chi connectivity index (χ1n) is 12.0. The van der Waals surface area contributed by atoms with Gasteiger partial charge >= 0.3 is 0 Å². The Morgan fingerprint density at radius 2 is 1.69 bits per heavy atom. The minimum absolute atomic E-state index is 0.108. The largest absolute Gasteiger partial charge is 0.494 e. The molecule has 0 unspecified atom stereocenters. The van der Waals surface area contributed by atoms with Crippen molar-refractivity contribution in [2.24, 2.45) is 0 Å². The lowest BCUT2D eigenvalue weighted by Gasteiger charge is -2.36. The number of hydrogen-bond acceptors (Lipinski definition) is 7. The minimum atomic E-state index is 0.108. The molecule has 0 saturated carbocycles. The number of nitrogens with zero attached hydrogens (tertiary/aromatic N) is 6. The van der Waals surface area contributed by atoms with E-state index in [-0.39, 0.29) is 5.91 Å². The predicted molar refractivity (Wildman–Crippen MR) is 142 cm³/mol. The number of hydrogen-bond donors (Lipinski definition) is 0. The summed E-state index contributed by atoms with van der Waals surface area (Å²) in [4.78, 5) is 21.5. The number of ether oxygens (including phenoxy) is 1. The summed E-state index contributed by atoms with van der Waals surface area (Å²) in [7, 11) is 0. The third-order valence-corrected chi connectivity index (χ3v) is 6.95. The zero-order valence-electron chi connectivity index (χ0n) is 20.2. The van der Waals surface area contributed by atoms with Gasteiger partial charge in [0.2, 0.25) is 5.91 Å². The molecule has 1 aliphatic rings. The minimum Gasteiger partial charge on any atom is -0.494 e. The third kappa shape index (κ3) is 5.36. The number of benzene rings is 2. The number of piperazine rings is 1. The van der Waals surface area contributed by atoms with E-state index in [4.69, 9.17) is 4.74 Å². The maximum atomic E-state index is 13.1. The van der Waals surface area contributed by atoms with E-state index < -0.39 is 0 Å². The average molecular weight is 501 g/mol. The Hall–Kier alpha value is -3.85. The van der Waals surface area contributed by atoms with Crippen LogP contribution in [0.4, 0.5) is 5.69 Å². The van der Waals surface area contributed by atoms with Gasteiger partial charge in [-0.1, -0.05) is 30.0 Å². The molecule has 1 saturated heterocycles. The van der Waals surface area contributed by atoms with Crippen molar-refractivity contribution in [3.05, 3.63) is 79.1 Å². The second kappa shape index (κ2) is 11.3. The normalized spacial score (nSPS) is 13.6. The van der Waals surface area contributed by atoms with Gasteiger partial charge in [-0.2, -0.15) is 0 Å². The molecule has 0 N–H and O–H groups in total. The number of amides is 1. The number of pyridine rings is 1. The molecular weight excluding hydrogens is 472 g/mol. The first-order chi connectivity index (χ1) is 17.7. The number of para-hydroxylation sites is 1. The molecule has 0 spiro atoms. The summed E-state index contributed by atoms with van der Waals surface area (Å²) in [5, 5.41) is 9.54. The zero-order chi connectivity index (χ0) is 24.7. The van der Waals surface area contributed by atoms with Gasteiger partial charge in [0.05, 0.1) is 12.4 Å². The van der Waals surface area contributed by atoms with Gasteiger partial charge in [0, 0.05) is 55.5 Å². The zero-order valence-corrected chi connectivity index (χ0v) is 21.0. The predicted octanol–water partition coefficient (Wildman–Crippen LogP) is 4.17. The van der Waals surface area contributed by atoms with Gasteiger partial charge in [0.1, 0.15) is 5.75 Å². The molecule has 0 aliphatic carbocycles. The second-order valence-electron chi connectivity index (χ2n) is 8.30. The van der Waals surface area contributed by atoms with E-state index in [2.05, 4.69) is 32.2 Å². The van der Waals surface area contributed by atoms with Gasteiger partial charge < -0.3 is 14.5 Å². The highest BCUT2D eigenvalue weighted by atomic mass is 32.2. The molecule has 5 rings (SSSR count). The lowest BCUT2D eigenvalue weighted by Crippen LogP contribution is -2.49. The molecule has 3 heterocycles. The Kier molecular flexibility index (Phi) is 7.47. The monoisotopic (exact) mass is 500 g/mol. The highest BCUT2D eigenvalue weighted by Gasteiger charge is 2.23. The fourth-order valence-corrected chi connectivity index (χ4v) is 5.06. The van der Waals surface area contributed by atoms with E-state index in [1.807, 2.05) is 71.0 Å². The average Bonchev–Trinajstić information content (AvgIpc) is 3.37. The third-order valence-electron chi connectivity index (χ3n) is 6.04. The van der Waals surface area contributed by atoms with E-state index in [0.29, 0.717) is 36.4 Å². The van der Waals surface area contributed by atoms with Gasteiger partial charge in [-0.15, -0.1) is 10.2 Å². The molecule has 8 nitrogen and oxygen atoms in total. The fraction of sp³-hybridized carbons (Fsp3) is 0.259. The molecular formula is C27H28N6O2S. The van der Waals surface area contributed by atoms with Crippen molar-refractivity contribution in [2.75, 3.05) is 43.4 Å². The van der Waals surface area contributed by atoms with Crippen molar-refractivity contribution in [2.45, 2.75) is 12.1 Å². The highest BCUT2D eigenvalue weighted by molar-refractivity contribution is 7.99. The quantitative estimate of drug-likeness (QED) is 0.336. The number of carbonyl (C=O) groups is 1. The number of carbonyl (C=O) groups excluding carboxylic acids is 1. The Balaban J connectivity index is 1.30. The Morgan fingerprint density at radius 3 is 2.39 bits per heavy atom. The van der Waals surface area contributed by atoms with Gasteiger partial charge in [0.25, 0.3) is 0 Å². The summed E-state index contributed by atoms with van der Waals surface area (Å²) in [6.07, 6.45) is 3.49. The van der Waals surface area contributed by atoms with Crippen molar-refractivity contribution in [3.8, 4) is 22.8 Å². The smallest absolute Gasteiger partial charge is 0.233 e. The van der Waals surface area contributed by atoms with E-state index >= 15 is 0 Å². The summed E-state index contributed by atoms with van der Waals surface area (Å²) in [6.45, 7) is 5.64. The van der Waals surface area contributed by atoms with Crippen molar-refractivity contribution in [3.63, 3.8) is 0 Å². The van der Waals surface area contributed by atoms with Crippen LogP contribution in [0.15, 0.2) is 84.3 Å². The van der Waals surface area contributed by atoms with Crippen molar-refractivity contribution in [1.82, 2.24) is 24.6 Å². The topological polar surface area (TPSA) is 76.4 Å². The lowest BCUT2D eigenvalue weighted by atomic mass is 10.2. The first kappa shape index (κ1) is 23.9. The standard InChI is InChI=1S/C27H28N6O2S/c1-2-35-24-12-10-23(11-13-24)33-26(21-7-6-14-28-19-21)29-30-27(33)36-20-25(34)32-17-15-31(16-18-32)22-8-4-3-5-9-22/h3-14,19H,2,15-18,20H2,1H3. The molecule has 4 aromatic rings. The van der Waals surface area contributed by atoms with Crippen LogP contribution in [0.2, 0.25) is 0 Å². The van der Waals surface area contributed by atoms with Crippen LogP contribution in [-0.4, -0.2) is 69.1 Å². The van der Waals surface area contributed by atoms with Crippen molar-refractivity contribution >= 4 is 23.4 Å². The molecule has 2 aromatic carbocycles. The maximum absolute atomic E-state index is 13.1. The summed E-state index contributed by atoms with van der Waals surface area (Å²) in [5.74, 6) is 1.89. The number of anilines is 1. The molecule has 1 fully saturated rings. The van der Waals surface area contributed by atoms with Crippen molar-refractivity contribution in [1.29, 1.82) is 0 Å². The summed E-state index contributed by atoms with van der Waals surface area (Å²) >= 11 is 1.40. The molecule has 1 amide bonds. The van der Waals surface area contributed by atoms with Gasteiger partial charge in [-0.05, 0) is 55.5 Å². The van der Waals surface area contributed by atoms with Gasteiger partial charge in [0.15, 0.2) is 11.0 Å². The first-order valence-corrected chi connectivity index (χ1v) is 13.0. The molecule has 1 aliphatic heterocycles. The van der Waals surface area contributed by atoms with Crippen LogP contribution in [0.5, 0.6) is 5.75 Å². The summed E-state index contributed by atoms with van der Waals surface area (Å²) < 4.78 is 7.57. The van der Waals surface area contributed by atoms with Crippen LogP contribution >= 0.6 is 11.8 Å². The van der Waals surface area contributed by atoms with Crippen LogP contribution in [0, 0.1) is 0 Å². The number of rotatable bonds is 8. The van der Waals surface area contributed by atoms with Crippen LogP contribution in [0.25, 0.3) is 17.1 Å². The highest BCUT2D eigenvalue weighted by Crippen LogP contribution is 2.29. The molecule has 9 heteroatoms. The van der Waals surface area contributed by atoms with Crippen LogP contribution < -0.4 is 9.64 Å². The summed E-state index contributed by atoms with van der Waals surface area (Å²) in [5.41, 5.74) is 2.95. The maximum Gasteiger partial charge on any atom is 0.233 e. The van der Waals surface area contributed by atoms with Gasteiger partial charge in [-0.3, -0.25) is 14.3 Å². The summed E-state index contributed by atoms with van der Waals surface area (Å²) in [6, 6.07) is 22.0. The van der Waals surface area contributed by atoms with E-state index in [0.717, 1.165) is 30.1 Å². The SMILES string of the molecule is CCOc1ccc(-n2c(SCC(=O)N3CCN(c4ccccc4)CC3)nnc2-c2cccnc2)cc1. The molecule has 36 heavy (non-hydrogen) atoms. The second-order valence-corrected chi connectivity index (χ2v) is 9.24. The fourth-order valence-electron chi connectivity index (χ4n) is 4.21. The van der Waals surface area contributed by atoms with Crippen LogP contribution in [-0.2, 0) is 4.79 Å². The molecule has 0 radical (unpaired) electrons. The van der Waals surface area contributed by atoms with E-state index in [1.54, 1.807) is 12.4 Å². The van der Waals surface area contributed by atoms with Crippen LogP contribution in [0.3, 0.4) is 0 Å². The molecule has 0 bridgehead atoms. The van der Waals surface area contributed by atoms with E-state index in [1.165, 1.54) is 17.4 Å². The Morgan fingerprint density at radius 1 is 0.917 bits per heavy atom. The molecule has 2 aromatic heterocycles. The number of thioether (sulfide) groups is 1. The Bertz CT molecular complexity index is 1270. The van der Waals surface area contributed by atoms with Crippen molar-refractivity contribution < 1.29 is 9.53 Å². The van der Waals surface area contributed by atoms with Gasteiger partial charge in [-0.25, -0.2) is 0 Å². The van der Waals surface area contributed by atoms with E-state index in [9.17, 15) is 4.79 Å². The van der Waals surface area contributed by atoms with Crippen LogP contribution in [0.1, 0.15) is 6.92 Å². The lowest BCUT2D eigenvalue weighted by molar-refractivity contribution is -0.128. The molecule has 184 valence electrons. The number of aromatic nitrogens is 4. The molecule has 0 atom stereocenters. The Labute approximate surface area is 214 Å².